The van der Waals surface area contributed by atoms with Crippen molar-refractivity contribution < 1.29 is 13.9 Å². The fourth-order valence-corrected chi connectivity index (χ4v) is 3.84. The first-order valence-corrected chi connectivity index (χ1v) is 10.1. The molecule has 4 aromatic rings. The van der Waals surface area contributed by atoms with E-state index in [1.165, 1.54) is 6.07 Å². The largest absolute Gasteiger partial charge is 0.495 e. The lowest BCUT2D eigenvalue weighted by molar-refractivity contribution is 0.0369. The highest BCUT2D eigenvalue weighted by molar-refractivity contribution is 5.63. The van der Waals surface area contributed by atoms with E-state index >= 15 is 0 Å². The van der Waals surface area contributed by atoms with Gasteiger partial charge in [0.15, 0.2) is 11.6 Å². The third kappa shape index (κ3) is 3.48. The van der Waals surface area contributed by atoms with E-state index in [1.54, 1.807) is 30.3 Å². The Bertz CT molecular complexity index is 1260. The van der Waals surface area contributed by atoms with Gasteiger partial charge in [0.1, 0.15) is 17.7 Å². The number of nitrogens with zero attached hydrogens (tertiary/aromatic N) is 5. The van der Waals surface area contributed by atoms with Gasteiger partial charge in [0.25, 0.3) is 0 Å². The number of ether oxygens (including phenoxy) is 2. The van der Waals surface area contributed by atoms with E-state index in [4.69, 9.17) is 14.5 Å². The van der Waals surface area contributed by atoms with Crippen molar-refractivity contribution in [2.75, 3.05) is 13.7 Å². The number of hydrogen-bond donors (Lipinski definition) is 0. The van der Waals surface area contributed by atoms with Crippen molar-refractivity contribution in [1.29, 1.82) is 0 Å². The van der Waals surface area contributed by atoms with Crippen LogP contribution in [0.4, 0.5) is 4.39 Å². The van der Waals surface area contributed by atoms with Crippen molar-refractivity contribution in [3.05, 3.63) is 77.4 Å². The van der Waals surface area contributed by atoms with E-state index in [0.29, 0.717) is 36.1 Å². The molecule has 1 aliphatic heterocycles. The van der Waals surface area contributed by atoms with Crippen molar-refractivity contribution in [3.63, 3.8) is 0 Å². The zero-order valence-electron chi connectivity index (χ0n) is 17.5. The second-order valence-electron chi connectivity index (χ2n) is 7.60. The molecule has 1 unspecified atom stereocenters. The molecule has 1 aliphatic rings. The number of imidazole rings is 1. The van der Waals surface area contributed by atoms with Crippen LogP contribution in [0, 0.1) is 19.7 Å². The topological polar surface area (TPSA) is 67.0 Å². The molecule has 2 aromatic carbocycles. The predicted molar refractivity (Wildman–Crippen MR) is 113 cm³/mol. The number of aryl methyl sites for hydroxylation is 2. The summed E-state index contributed by atoms with van der Waals surface area (Å²) in [4.78, 5) is 9.00. The molecule has 0 saturated carbocycles. The highest BCUT2D eigenvalue weighted by Gasteiger charge is 2.29. The summed E-state index contributed by atoms with van der Waals surface area (Å²) < 4.78 is 29.7. The molecule has 1 atom stereocenters. The van der Waals surface area contributed by atoms with Gasteiger partial charge in [-0.25, -0.2) is 19.0 Å². The summed E-state index contributed by atoms with van der Waals surface area (Å²) in [6, 6.07) is 10.8. The maximum atomic E-state index is 14.5. The van der Waals surface area contributed by atoms with Crippen molar-refractivity contribution in [3.8, 4) is 22.8 Å². The standard InChI is InChI=1S/C23H22FN5O2/c1-14-4-6-18(24)17(10-14)21-23-26-22(27-29(23)8-9-31-21)16-5-7-19(20(11-16)30-3)28-12-15(2)25-13-28/h4-7,10-13,21H,8-9H2,1-3H3. The molecule has 0 spiro atoms. The van der Waals surface area contributed by atoms with Crippen molar-refractivity contribution in [2.45, 2.75) is 26.5 Å². The first-order valence-electron chi connectivity index (χ1n) is 10.1. The molecule has 0 amide bonds. The van der Waals surface area contributed by atoms with Crippen molar-refractivity contribution in [2.24, 2.45) is 0 Å². The number of fused-ring (bicyclic) bond motifs is 1. The normalized spacial score (nSPS) is 15.7. The molecule has 0 radical (unpaired) electrons. The number of rotatable bonds is 4. The maximum absolute atomic E-state index is 14.5. The van der Waals surface area contributed by atoms with Crippen LogP contribution in [0.2, 0.25) is 0 Å². The first-order chi connectivity index (χ1) is 15.0. The third-order valence-corrected chi connectivity index (χ3v) is 5.38. The van der Waals surface area contributed by atoms with Gasteiger partial charge in [0, 0.05) is 17.3 Å². The minimum Gasteiger partial charge on any atom is -0.495 e. The van der Waals surface area contributed by atoms with Crippen molar-refractivity contribution >= 4 is 0 Å². The molecule has 3 heterocycles. The lowest BCUT2D eigenvalue weighted by Gasteiger charge is -2.23. The van der Waals surface area contributed by atoms with Gasteiger partial charge >= 0.3 is 0 Å². The Hall–Kier alpha value is -3.52. The summed E-state index contributed by atoms with van der Waals surface area (Å²) in [5, 5.41) is 4.66. The second-order valence-corrected chi connectivity index (χ2v) is 7.60. The molecule has 8 heteroatoms. The molecular formula is C23H22FN5O2. The van der Waals surface area contributed by atoms with Gasteiger partial charge in [0.05, 0.1) is 38.0 Å². The molecule has 31 heavy (non-hydrogen) atoms. The number of benzene rings is 2. The summed E-state index contributed by atoms with van der Waals surface area (Å²) >= 11 is 0. The predicted octanol–water partition coefficient (Wildman–Crippen LogP) is 4.01. The van der Waals surface area contributed by atoms with E-state index < -0.39 is 6.10 Å². The molecule has 0 N–H and O–H groups in total. The van der Waals surface area contributed by atoms with Gasteiger partial charge < -0.3 is 14.0 Å². The smallest absolute Gasteiger partial charge is 0.181 e. The zero-order chi connectivity index (χ0) is 21.5. The molecular weight excluding hydrogens is 397 g/mol. The van der Waals surface area contributed by atoms with E-state index in [1.807, 2.05) is 42.8 Å². The van der Waals surface area contributed by atoms with Gasteiger partial charge in [0.2, 0.25) is 0 Å². The van der Waals surface area contributed by atoms with Gasteiger partial charge in [-0.15, -0.1) is 0 Å². The Morgan fingerprint density at radius 2 is 2.03 bits per heavy atom. The molecule has 0 saturated heterocycles. The van der Waals surface area contributed by atoms with Crippen LogP contribution >= 0.6 is 0 Å². The average molecular weight is 419 g/mol. The fourth-order valence-electron chi connectivity index (χ4n) is 3.84. The molecule has 0 aliphatic carbocycles. The van der Waals surface area contributed by atoms with E-state index in [2.05, 4.69) is 10.1 Å². The quantitative estimate of drug-likeness (QED) is 0.500. The van der Waals surface area contributed by atoms with Crippen LogP contribution in [0.25, 0.3) is 17.1 Å². The van der Waals surface area contributed by atoms with E-state index in [9.17, 15) is 4.39 Å². The number of aromatic nitrogens is 5. The van der Waals surface area contributed by atoms with Gasteiger partial charge in [-0.2, -0.15) is 5.10 Å². The van der Waals surface area contributed by atoms with E-state index in [-0.39, 0.29) is 5.82 Å². The summed E-state index contributed by atoms with van der Waals surface area (Å²) in [6.45, 7) is 4.87. The van der Waals surface area contributed by atoms with Crippen LogP contribution < -0.4 is 4.74 Å². The fraction of sp³-hybridized carbons (Fsp3) is 0.261. The Labute approximate surface area is 179 Å². The Balaban J connectivity index is 1.54. The average Bonchev–Trinajstić information content (AvgIpc) is 3.41. The molecule has 7 nitrogen and oxygen atoms in total. The van der Waals surface area contributed by atoms with E-state index in [0.717, 1.165) is 22.5 Å². The lowest BCUT2D eigenvalue weighted by atomic mass is 10.0. The minimum absolute atomic E-state index is 0.310. The summed E-state index contributed by atoms with van der Waals surface area (Å²) in [5.41, 5.74) is 4.04. The molecule has 5 rings (SSSR count). The van der Waals surface area contributed by atoms with Crippen LogP contribution in [0.5, 0.6) is 5.75 Å². The Morgan fingerprint density at radius 1 is 1.16 bits per heavy atom. The van der Waals surface area contributed by atoms with Gasteiger partial charge in [-0.05, 0) is 38.1 Å². The first kappa shape index (κ1) is 19.4. The number of hydrogen-bond acceptors (Lipinski definition) is 5. The van der Waals surface area contributed by atoms with Crippen LogP contribution in [0.15, 0.2) is 48.9 Å². The highest BCUT2D eigenvalue weighted by Crippen LogP contribution is 2.33. The Morgan fingerprint density at radius 3 is 2.81 bits per heavy atom. The van der Waals surface area contributed by atoms with Crippen LogP contribution in [0.3, 0.4) is 0 Å². The molecule has 0 fully saturated rings. The van der Waals surface area contributed by atoms with Gasteiger partial charge in [-0.3, -0.25) is 0 Å². The van der Waals surface area contributed by atoms with Crippen LogP contribution in [-0.2, 0) is 11.3 Å². The highest BCUT2D eigenvalue weighted by atomic mass is 19.1. The lowest BCUT2D eigenvalue weighted by Crippen LogP contribution is -2.24. The summed E-state index contributed by atoms with van der Waals surface area (Å²) in [6.07, 6.45) is 3.09. The second kappa shape index (κ2) is 7.63. The minimum atomic E-state index is -0.593. The van der Waals surface area contributed by atoms with Gasteiger partial charge in [-0.1, -0.05) is 17.7 Å². The maximum Gasteiger partial charge on any atom is 0.181 e. The Kier molecular flexibility index (Phi) is 4.78. The van der Waals surface area contributed by atoms with Crippen LogP contribution in [0.1, 0.15) is 28.7 Å². The molecule has 0 bridgehead atoms. The molecule has 158 valence electrons. The SMILES string of the molecule is COc1cc(-c2nc3n(n2)CCOC3c2cc(C)ccc2F)ccc1-n1cnc(C)c1. The number of halogens is 1. The monoisotopic (exact) mass is 419 g/mol. The van der Waals surface area contributed by atoms with Crippen LogP contribution in [-0.4, -0.2) is 38.0 Å². The number of methoxy groups -OCH3 is 1. The summed E-state index contributed by atoms with van der Waals surface area (Å²) in [5.74, 6) is 1.51. The third-order valence-electron chi connectivity index (χ3n) is 5.38. The molecule has 2 aromatic heterocycles. The van der Waals surface area contributed by atoms with Crippen molar-refractivity contribution in [1.82, 2.24) is 24.3 Å². The summed E-state index contributed by atoms with van der Waals surface area (Å²) in [7, 11) is 1.63. The zero-order valence-corrected chi connectivity index (χ0v) is 17.5.